The smallest absolute Gasteiger partial charge is 0.0273 e. The molecule has 0 radical (unpaired) electrons. The largest absolute Gasteiger partial charge is 0.265 e. The van der Waals surface area contributed by atoms with E-state index in [0.717, 1.165) is 0 Å². The fourth-order valence-corrected chi connectivity index (χ4v) is 5.60. The van der Waals surface area contributed by atoms with Crippen LogP contribution in [-0.4, -0.2) is 4.98 Å². The number of benzene rings is 6. The highest BCUT2D eigenvalue weighted by molar-refractivity contribution is 6.21. The van der Waals surface area contributed by atoms with Gasteiger partial charge in [0, 0.05) is 12.4 Å². The molecule has 0 N–H and O–H groups in total. The van der Waals surface area contributed by atoms with Gasteiger partial charge in [0.05, 0.1) is 0 Å². The molecule has 6 aromatic carbocycles. The van der Waals surface area contributed by atoms with E-state index in [1.54, 1.807) is 0 Å². The minimum absolute atomic E-state index is 1.18. The van der Waals surface area contributed by atoms with E-state index in [4.69, 9.17) is 0 Å². The molecule has 0 fully saturated rings. The normalized spacial score (nSPS) is 11.4. The number of hydrogen-bond acceptors (Lipinski definition) is 1. The zero-order valence-corrected chi connectivity index (χ0v) is 20.6. The third-order valence-corrected chi connectivity index (χ3v) is 7.41. The van der Waals surface area contributed by atoms with E-state index in [9.17, 15) is 0 Å². The number of hydrogen-bond donors (Lipinski definition) is 0. The fourth-order valence-electron chi connectivity index (χ4n) is 5.60. The van der Waals surface area contributed by atoms with Gasteiger partial charge in [-0.2, -0.15) is 0 Å². The summed E-state index contributed by atoms with van der Waals surface area (Å²) in [5.41, 5.74) is 8.75. The molecule has 0 aliphatic rings. The lowest BCUT2D eigenvalue weighted by molar-refractivity contribution is 1.33. The summed E-state index contributed by atoms with van der Waals surface area (Å²) in [5, 5.41) is 7.60. The maximum Gasteiger partial charge on any atom is 0.0273 e. The Kier molecular flexibility index (Phi) is 5.08. The zero-order valence-electron chi connectivity index (χ0n) is 20.6. The molecule has 7 aromatic rings. The van der Waals surface area contributed by atoms with Crippen molar-refractivity contribution < 1.29 is 0 Å². The van der Waals surface area contributed by atoms with Crippen LogP contribution in [0.3, 0.4) is 0 Å². The molecule has 174 valence electrons. The van der Waals surface area contributed by atoms with Crippen LogP contribution in [0.1, 0.15) is 5.56 Å². The van der Waals surface area contributed by atoms with Crippen molar-refractivity contribution in [1.29, 1.82) is 0 Å². The van der Waals surface area contributed by atoms with Crippen molar-refractivity contribution in [2.75, 3.05) is 0 Å². The van der Waals surface area contributed by atoms with E-state index >= 15 is 0 Å². The summed E-state index contributed by atoms with van der Waals surface area (Å²) in [6, 6.07) is 44.3. The van der Waals surface area contributed by atoms with Crippen LogP contribution in [0.15, 0.2) is 134 Å². The molecule has 0 spiro atoms. The molecule has 37 heavy (non-hydrogen) atoms. The second kappa shape index (κ2) is 8.72. The van der Waals surface area contributed by atoms with Crippen LogP contribution in [0.25, 0.3) is 65.7 Å². The van der Waals surface area contributed by atoms with Crippen LogP contribution in [-0.2, 0) is 0 Å². The summed E-state index contributed by atoms with van der Waals surface area (Å²) in [6.45, 7) is 2.14. The van der Waals surface area contributed by atoms with Gasteiger partial charge in [-0.3, -0.25) is 4.98 Å². The zero-order chi connectivity index (χ0) is 24.8. The van der Waals surface area contributed by atoms with Crippen molar-refractivity contribution in [2.45, 2.75) is 6.92 Å². The summed E-state index contributed by atoms with van der Waals surface area (Å²) in [7, 11) is 0. The molecule has 1 aromatic heterocycles. The van der Waals surface area contributed by atoms with E-state index in [1.165, 1.54) is 71.3 Å². The Morgan fingerprint density at radius 1 is 0.405 bits per heavy atom. The molecule has 0 saturated carbocycles. The first kappa shape index (κ1) is 21.5. The Bertz CT molecular complexity index is 1860. The maximum atomic E-state index is 4.18. The molecule has 0 saturated heterocycles. The van der Waals surface area contributed by atoms with Gasteiger partial charge in [-0.15, -0.1) is 0 Å². The molecule has 0 aliphatic heterocycles. The first-order valence-corrected chi connectivity index (χ1v) is 12.7. The highest BCUT2D eigenvalue weighted by atomic mass is 14.6. The van der Waals surface area contributed by atoms with Crippen molar-refractivity contribution in [3.8, 4) is 33.4 Å². The molecular formula is C36H25N. The van der Waals surface area contributed by atoms with Crippen molar-refractivity contribution >= 4 is 32.3 Å². The lowest BCUT2D eigenvalue weighted by Gasteiger charge is -2.18. The van der Waals surface area contributed by atoms with Crippen molar-refractivity contribution in [3.05, 3.63) is 139 Å². The van der Waals surface area contributed by atoms with Gasteiger partial charge < -0.3 is 0 Å². The summed E-state index contributed by atoms with van der Waals surface area (Å²) >= 11 is 0. The highest BCUT2D eigenvalue weighted by Gasteiger charge is 2.16. The first-order valence-electron chi connectivity index (χ1n) is 12.7. The first-order chi connectivity index (χ1) is 18.3. The standard InChI is InChI=1S/C36H25N/c1-24-10-12-27(13-11-24)35-31-6-2-4-8-33(31)36(34-9-5-3-7-32(34)35)29-17-15-25-14-16-28(22-30(25)23-29)26-18-20-37-21-19-26/h2-23H,1H3. The van der Waals surface area contributed by atoms with Gasteiger partial charge in [0.2, 0.25) is 0 Å². The monoisotopic (exact) mass is 471 g/mol. The number of nitrogens with zero attached hydrogens (tertiary/aromatic N) is 1. The van der Waals surface area contributed by atoms with Crippen molar-refractivity contribution in [1.82, 2.24) is 4.98 Å². The fraction of sp³-hybridized carbons (Fsp3) is 0.0278. The van der Waals surface area contributed by atoms with E-state index in [2.05, 4.69) is 133 Å². The summed E-state index contributed by atoms with van der Waals surface area (Å²) in [4.78, 5) is 4.18. The average Bonchev–Trinajstić information content (AvgIpc) is 2.96. The third-order valence-electron chi connectivity index (χ3n) is 7.41. The van der Waals surface area contributed by atoms with Crippen LogP contribution < -0.4 is 0 Å². The molecule has 1 heterocycles. The molecule has 7 rings (SSSR count). The van der Waals surface area contributed by atoms with Gasteiger partial charge in [0.1, 0.15) is 0 Å². The van der Waals surface area contributed by atoms with Crippen LogP contribution in [0.2, 0.25) is 0 Å². The number of aromatic nitrogens is 1. The van der Waals surface area contributed by atoms with E-state index in [0.29, 0.717) is 0 Å². The SMILES string of the molecule is Cc1ccc(-c2c3ccccc3c(-c3ccc4ccc(-c5ccncc5)cc4c3)c3ccccc23)cc1. The average molecular weight is 472 g/mol. The molecule has 0 aliphatic carbocycles. The van der Waals surface area contributed by atoms with Crippen LogP contribution in [0, 0.1) is 6.92 Å². The number of aryl methyl sites for hydroxylation is 1. The third kappa shape index (κ3) is 3.68. The van der Waals surface area contributed by atoms with Gasteiger partial charge in [-0.05, 0) is 96.9 Å². The van der Waals surface area contributed by atoms with Gasteiger partial charge in [-0.25, -0.2) is 0 Å². The maximum absolute atomic E-state index is 4.18. The van der Waals surface area contributed by atoms with Gasteiger partial charge in [-0.1, -0.05) is 103 Å². The predicted molar refractivity (Wildman–Crippen MR) is 158 cm³/mol. The van der Waals surface area contributed by atoms with Crippen molar-refractivity contribution in [2.24, 2.45) is 0 Å². The van der Waals surface area contributed by atoms with Crippen LogP contribution in [0.4, 0.5) is 0 Å². The molecule has 0 amide bonds. The minimum Gasteiger partial charge on any atom is -0.265 e. The Morgan fingerprint density at radius 3 is 1.49 bits per heavy atom. The summed E-state index contributed by atoms with van der Waals surface area (Å²) in [6.07, 6.45) is 3.70. The molecule has 1 heteroatoms. The van der Waals surface area contributed by atoms with Gasteiger partial charge in [0.15, 0.2) is 0 Å². The molecule has 0 unspecified atom stereocenters. The van der Waals surface area contributed by atoms with Crippen LogP contribution in [0.5, 0.6) is 0 Å². The number of rotatable bonds is 3. The Labute approximate surface area is 216 Å². The van der Waals surface area contributed by atoms with E-state index in [1.807, 2.05) is 12.4 Å². The second-order valence-electron chi connectivity index (χ2n) is 9.72. The quantitative estimate of drug-likeness (QED) is 0.234. The Balaban J connectivity index is 1.52. The molecular weight excluding hydrogens is 446 g/mol. The van der Waals surface area contributed by atoms with Gasteiger partial charge in [0.25, 0.3) is 0 Å². The minimum atomic E-state index is 1.18. The predicted octanol–water partition coefficient (Wildman–Crippen LogP) is 9.85. The summed E-state index contributed by atoms with van der Waals surface area (Å²) in [5.74, 6) is 0. The summed E-state index contributed by atoms with van der Waals surface area (Å²) < 4.78 is 0. The molecule has 0 atom stereocenters. The number of pyridine rings is 1. The number of fused-ring (bicyclic) bond motifs is 3. The molecule has 1 nitrogen and oxygen atoms in total. The Morgan fingerprint density at radius 2 is 0.892 bits per heavy atom. The lowest BCUT2D eigenvalue weighted by atomic mass is 9.85. The highest BCUT2D eigenvalue weighted by Crippen LogP contribution is 2.44. The van der Waals surface area contributed by atoms with Crippen molar-refractivity contribution in [3.63, 3.8) is 0 Å². The van der Waals surface area contributed by atoms with E-state index in [-0.39, 0.29) is 0 Å². The van der Waals surface area contributed by atoms with Gasteiger partial charge >= 0.3 is 0 Å². The van der Waals surface area contributed by atoms with E-state index < -0.39 is 0 Å². The molecule has 0 bridgehead atoms. The second-order valence-corrected chi connectivity index (χ2v) is 9.72. The topological polar surface area (TPSA) is 12.9 Å². The Hall–Kier alpha value is -4.75. The lowest BCUT2D eigenvalue weighted by Crippen LogP contribution is -1.91. The van der Waals surface area contributed by atoms with Crippen LogP contribution >= 0.6 is 0 Å².